The summed E-state index contributed by atoms with van der Waals surface area (Å²) >= 11 is 5.26. The molecule has 1 aliphatic heterocycles. The maximum Gasteiger partial charge on any atom is 0.160 e. The maximum absolute atomic E-state index is 10.0. The standard InChI is InChI=1S/C22H42O5S/c1-2-3-4-5-6-7-8-9-10-11-12-13-14-15-20(28)27-22-19(16-23)26-17-18(24)21(22)25/h18-19,21-25H,2-17H2,1H3/t18-,19+,21+,22+/m0/s1. The fourth-order valence-electron chi connectivity index (χ4n) is 3.65. The van der Waals surface area contributed by atoms with Crippen LogP contribution in [0.25, 0.3) is 0 Å². The third-order valence-corrected chi connectivity index (χ3v) is 5.81. The Balaban J connectivity index is 1.97. The average molecular weight is 419 g/mol. The van der Waals surface area contributed by atoms with Crippen molar-refractivity contribution in [3.8, 4) is 0 Å². The Kier molecular flexibility index (Phi) is 15.2. The van der Waals surface area contributed by atoms with Crippen LogP contribution in [0.2, 0.25) is 0 Å². The van der Waals surface area contributed by atoms with E-state index in [4.69, 9.17) is 21.7 Å². The fraction of sp³-hybridized carbons (Fsp3) is 0.955. The first-order chi connectivity index (χ1) is 13.6. The van der Waals surface area contributed by atoms with Gasteiger partial charge in [-0.2, -0.15) is 0 Å². The Morgan fingerprint density at radius 2 is 1.39 bits per heavy atom. The van der Waals surface area contributed by atoms with E-state index in [0.717, 1.165) is 12.8 Å². The van der Waals surface area contributed by atoms with Gasteiger partial charge in [-0.3, -0.25) is 0 Å². The van der Waals surface area contributed by atoms with E-state index in [-0.39, 0.29) is 13.2 Å². The van der Waals surface area contributed by atoms with Gasteiger partial charge in [-0.15, -0.1) is 0 Å². The van der Waals surface area contributed by atoms with Gasteiger partial charge >= 0.3 is 0 Å². The molecule has 1 rings (SSSR count). The number of unbranched alkanes of at least 4 members (excludes halogenated alkanes) is 12. The van der Waals surface area contributed by atoms with E-state index in [2.05, 4.69) is 6.92 Å². The summed E-state index contributed by atoms with van der Waals surface area (Å²) in [6, 6.07) is 0. The predicted octanol–water partition coefficient (Wildman–Crippen LogP) is 4.29. The summed E-state index contributed by atoms with van der Waals surface area (Å²) in [7, 11) is 0. The molecule has 166 valence electrons. The van der Waals surface area contributed by atoms with Crippen LogP contribution in [-0.2, 0) is 9.47 Å². The molecule has 0 amide bonds. The lowest BCUT2D eigenvalue weighted by atomic mass is 10.0. The number of hydrogen-bond acceptors (Lipinski definition) is 6. The van der Waals surface area contributed by atoms with Crippen LogP contribution in [0.4, 0.5) is 0 Å². The minimum atomic E-state index is -1.09. The lowest BCUT2D eigenvalue weighted by Gasteiger charge is -2.37. The van der Waals surface area contributed by atoms with Crippen molar-refractivity contribution in [1.29, 1.82) is 0 Å². The lowest BCUT2D eigenvalue weighted by Crippen LogP contribution is -2.55. The third-order valence-electron chi connectivity index (χ3n) is 5.51. The second-order valence-electron chi connectivity index (χ2n) is 8.06. The van der Waals surface area contributed by atoms with E-state index in [1.165, 1.54) is 70.6 Å². The molecule has 1 fully saturated rings. The third kappa shape index (κ3) is 11.1. The molecule has 0 bridgehead atoms. The van der Waals surface area contributed by atoms with Gasteiger partial charge in [-0.25, -0.2) is 0 Å². The zero-order valence-corrected chi connectivity index (χ0v) is 18.5. The van der Waals surface area contributed by atoms with Crippen molar-refractivity contribution < 1.29 is 24.8 Å². The Labute approximate surface area is 176 Å². The van der Waals surface area contributed by atoms with Gasteiger partial charge in [0.25, 0.3) is 0 Å². The minimum absolute atomic E-state index is 0.00211. The molecule has 5 nitrogen and oxygen atoms in total. The summed E-state index contributed by atoms with van der Waals surface area (Å²) in [5.41, 5.74) is 0. The molecule has 0 radical (unpaired) electrons. The summed E-state index contributed by atoms with van der Waals surface area (Å²) < 4.78 is 10.9. The van der Waals surface area contributed by atoms with Gasteiger partial charge in [-0.1, -0.05) is 84.0 Å². The van der Waals surface area contributed by atoms with Crippen LogP contribution in [0, 0.1) is 0 Å². The second-order valence-corrected chi connectivity index (χ2v) is 8.51. The zero-order valence-electron chi connectivity index (χ0n) is 17.7. The largest absolute Gasteiger partial charge is 0.478 e. The lowest BCUT2D eigenvalue weighted by molar-refractivity contribution is -0.190. The zero-order chi connectivity index (χ0) is 20.6. The number of ether oxygens (including phenoxy) is 2. The van der Waals surface area contributed by atoms with Crippen LogP contribution in [0.15, 0.2) is 0 Å². The highest BCUT2D eigenvalue weighted by Crippen LogP contribution is 2.20. The van der Waals surface area contributed by atoms with Crippen LogP contribution in [0.5, 0.6) is 0 Å². The van der Waals surface area contributed by atoms with E-state index in [0.29, 0.717) is 11.5 Å². The molecule has 0 spiro atoms. The van der Waals surface area contributed by atoms with Gasteiger partial charge in [-0.05, 0) is 18.6 Å². The molecule has 0 aromatic carbocycles. The monoisotopic (exact) mass is 418 g/mol. The number of hydrogen-bond donors (Lipinski definition) is 3. The molecule has 1 heterocycles. The summed E-state index contributed by atoms with van der Waals surface area (Å²) in [5.74, 6) is 0. The molecular formula is C22H42O5S. The van der Waals surface area contributed by atoms with Gasteiger partial charge in [0.15, 0.2) is 11.2 Å². The molecule has 0 unspecified atom stereocenters. The quantitative estimate of drug-likeness (QED) is 0.256. The fourth-order valence-corrected chi connectivity index (χ4v) is 3.91. The van der Waals surface area contributed by atoms with Gasteiger partial charge < -0.3 is 24.8 Å². The molecule has 28 heavy (non-hydrogen) atoms. The van der Waals surface area contributed by atoms with Crippen LogP contribution in [0.3, 0.4) is 0 Å². The Bertz CT molecular complexity index is 391. The Hall–Kier alpha value is -0.270. The molecule has 3 N–H and O–H groups in total. The highest BCUT2D eigenvalue weighted by Gasteiger charge is 2.40. The van der Waals surface area contributed by atoms with Crippen LogP contribution in [-0.4, -0.2) is 58.0 Å². The minimum Gasteiger partial charge on any atom is -0.478 e. The van der Waals surface area contributed by atoms with Gasteiger partial charge in [0.1, 0.15) is 18.3 Å². The Morgan fingerprint density at radius 3 is 1.89 bits per heavy atom. The van der Waals surface area contributed by atoms with Gasteiger partial charge in [0, 0.05) is 6.42 Å². The predicted molar refractivity (Wildman–Crippen MR) is 117 cm³/mol. The normalized spacial score (nSPS) is 25.0. The van der Waals surface area contributed by atoms with Gasteiger partial charge in [0.05, 0.1) is 13.2 Å². The smallest absolute Gasteiger partial charge is 0.160 e. The van der Waals surface area contributed by atoms with E-state index in [1.807, 2.05) is 0 Å². The first kappa shape index (κ1) is 25.8. The Morgan fingerprint density at radius 1 is 0.893 bits per heavy atom. The molecular weight excluding hydrogens is 376 g/mol. The van der Waals surface area contributed by atoms with Crippen molar-refractivity contribution in [1.82, 2.24) is 0 Å². The van der Waals surface area contributed by atoms with E-state index in [1.54, 1.807) is 0 Å². The molecule has 0 aromatic heterocycles. The summed E-state index contributed by atoms with van der Waals surface area (Å²) in [6.07, 6.45) is 14.0. The highest BCUT2D eigenvalue weighted by molar-refractivity contribution is 7.80. The summed E-state index contributed by atoms with van der Waals surface area (Å²) in [5, 5.41) is 29.5. The van der Waals surface area contributed by atoms with Crippen molar-refractivity contribution in [3.05, 3.63) is 0 Å². The molecule has 6 heteroatoms. The maximum atomic E-state index is 10.0. The molecule has 0 aromatic rings. The first-order valence-corrected chi connectivity index (χ1v) is 11.8. The van der Waals surface area contributed by atoms with Gasteiger partial charge in [0.2, 0.25) is 0 Å². The summed E-state index contributed by atoms with van der Waals surface area (Å²) in [6.45, 7) is 1.99. The summed E-state index contributed by atoms with van der Waals surface area (Å²) in [4.78, 5) is 0. The first-order valence-electron chi connectivity index (χ1n) is 11.4. The second kappa shape index (κ2) is 16.5. The number of thiocarbonyl (C=S) groups is 1. The molecule has 1 aliphatic rings. The number of rotatable bonds is 16. The highest BCUT2D eigenvalue weighted by atomic mass is 32.1. The number of aliphatic hydroxyl groups excluding tert-OH is 3. The van der Waals surface area contributed by atoms with Crippen molar-refractivity contribution >= 4 is 17.3 Å². The van der Waals surface area contributed by atoms with Crippen LogP contribution in [0.1, 0.15) is 96.8 Å². The van der Waals surface area contributed by atoms with Crippen molar-refractivity contribution in [3.63, 3.8) is 0 Å². The van der Waals surface area contributed by atoms with Crippen molar-refractivity contribution in [2.75, 3.05) is 13.2 Å². The van der Waals surface area contributed by atoms with E-state index in [9.17, 15) is 15.3 Å². The van der Waals surface area contributed by atoms with Crippen molar-refractivity contribution in [2.24, 2.45) is 0 Å². The molecule has 1 saturated heterocycles. The van der Waals surface area contributed by atoms with Crippen LogP contribution < -0.4 is 0 Å². The van der Waals surface area contributed by atoms with Crippen LogP contribution >= 0.6 is 12.2 Å². The molecule has 4 atom stereocenters. The van der Waals surface area contributed by atoms with E-state index >= 15 is 0 Å². The number of aliphatic hydroxyl groups is 3. The van der Waals surface area contributed by atoms with E-state index < -0.39 is 24.4 Å². The SMILES string of the molecule is CCCCCCCCCCCCCCCC(=S)O[C@H]1[C@H](O)[C@@H](O)CO[C@@H]1CO. The molecule has 0 saturated carbocycles. The topological polar surface area (TPSA) is 79.2 Å². The average Bonchev–Trinajstić information content (AvgIpc) is 2.69. The molecule has 0 aliphatic carbocycles. The van der Waals surface area contributed by atoms with Crippen molar-refractivity contribution in [2.45, 2.75) is 121 Å².